The topological polar surface area (TPSA) is 51.2 Å². The summed E-state index contributed by atoms with van der Waals surface area (Å²) in [7, 11) is 1.65. The minimum Gasteiger partial charge on any atom is -0.497 e. The standard InChI is InChI=1S/C15H18N2O2S/c1-11-14(20-10-17-11)9-15(18)16-7-6-12-4-3-5-13(8-12)19-2/h3-5,8,10H,6-7,9H2,1-2H3,(H,16,18). The highest BCUT2D eigenvalue weighted by Crippen LogP contribution is 2.13. The molecule has 0 radical (unpaired) electrons. The first-order valence-electron chi connectivity index (χ1n) is 6.47. The molecule has 0 aliphatic heterocycles. The number of hydrogen-bond acceptors (Lipinski definition) is 4. The van der Waals surface area contributed by atoms with E-state index in [1.54, 1.807) is 12.6 Å². The molecule has 1 aromatic carbocycles. The average molecular weight is 290 g/mol. The molecule has 1 N–H and O–H groups in total. The predicted octanol–water partition coefficient (Wildman–Crippen LogP) is 2.36. The van der Waals surface area contributed by atoms with Gasteiger partial charge in [0.15, 0.2) is 0 Å². The van der Waals surface area contributed by atoms with Gasteiger partial charge in [0.25, 0.3) is 0 Å². The summed E-state index contributed by atoms with van der Waals surface area (Å²) in [5.41, 5.74) is 3.87. The predicted molar refractivity (Wildman–Crippen MR) is 80.3 cm³/mol. The molecule has 0 spiro atoms. The maximum absolute atomic E-state index is 11.8. The Morgan fingerprint density at radius 3 is 3.00 bits per heavy atom. The molecule has 1 heterocycles. The number of amides is 1. The number of benzene rings is 1. The van der Waals surface area contributed by atoms with Crippen molar-refractivity contribution in [2.75, 3.05) is 13.7 Å². The third kappa shape index (κ3) is 4.06. The quantitative estimate of drug-likeness (QED) is 0.888. The molecule has 0 aliphatic rings. The van der Waals surface area contributed by atoms with Crippen molar-refractivity contribution in [3.05, 3.63) is 45.9 Å². The molecule has 5 heteroatoms. The summed E-state index contributed by atoms with van der Waals surface area (Å²) >= 11 is 1.52. The molecular weight excluding hydrogens is 272 g/mol. The van der Waals surface area contributed by atoms with Gasteiger partial charge in [-0.3, -0.25) is 4.79 Å². The first-order valence-corrected chi connectivity index (χ1v) is 7.35. The minimum atomic E-state index is 0.0419. The van der Waals surface area contributed by atoms with E-state index < -0.39 is 0 Å². The van der Waals surface area contributed by atoms with Crippen molar-refractivity contribution in [2.45, 2.75) is 19.8 Å². The van der Waals surface area contributed by atoms with E-state index in [2.05, 4.69) is 10.3 Å². The van der Waals surface area contributed by atoms with Crippen LogP contribution in [0.25, 0.3) is 0 Å². The second kappa shape index (κ2) is 7.05. The number of thiazole rings is 1. The van der Waals surface area contributed by atoms with Crippen LogP contribution in [0.2, 0.25) is 0 Å². The highest BCUT2D eigenvalue weighted by molar-refractivity contribution is 7.09. The zero-order chi connectivity index (χ0) is 14.4. The van der Waals surface area contributed by atoms with Crippen LogP contribution < -0.4 is 10.1 Å². The van der Waals surface area contributed by atoms with Gasteiger partial charge in [0, 0.05) is 11.4 Å². The number of nitrogens with zero attached hydrogens (tertiary/aromatic N) is 1. The Morgan fingerprint density at radius 2 is 2.30 bits per heavy atom. The highest BCUT2D eigenvalue weighted by Gasteiger charge is 2.07. The number of aryl methyl sites for hydroxylation is 1. The molecule has 1 aromatic heterocycles. The van der Waals surface area contributed by atoms with Crippen LogP contribution in [0.5, 0.6) is 5.75 Å². The third-order valence-electron chi connectivity index (χ3n) is 3.04. The number of methoxy groups -OCH3 is 1. The van der Waals surface area contributed by atoms with Gasteiger partial charge in [-0.15, -0.1) is 11.3 Å². The highest BCUT2D eigenvalue weighted by atomic mass is 32.1. The van der Waals surface area contributed by atoms with Crippen LogP contribution in [0.1, 0.15) is 16.1 Å². The van der Waals surface area contributed by atoms with E-state index in [0.29, 0.717) is 13.0 Å². The number of nitrogens with one attached hydrogen (secondary N) is 1. The van der Waals surface area contributed by atoms with Crippen LogP contribution >= 0.6 is 11.3 Å². The van der Waals surface area contributed by atoms with Gasteiger partial charge in [0.2, 0.25) is 5.91 Å². The second-order valence-electron chi connectivity index (χ2n) is 4.49. The van der Waals surface area contributed by atoms with E-state index in [4.69, 9.17) is 4.74 Å². The SMILES string of the molecule is COc1cccc(CCNC(=O)Cc2scnc2C)c1. The minimum absolute atomic E-state index is 0.0419. The fourth-order valence-electron chi connectivity index (χ4n) is 1.88. The molecule has 4 nitrogen and oxygen atoms in total. The molecule has 0 saturated heterocycles. The summed E-state index contributed by atoms with van der Waals surface area (Å²) in [5, 5.41) is 2.93. The molecule has 0 aliphatic carbocycles. The molecular formula is C15H18N2O2S. The summed E-state index contributed by atoms with van der Waals surface area (Å²) in [5.74, 6) is 0.884. The molecule has 2 aromatic rings. The zero-order valence-electron chi connectivity index (χ0n) is 11.7. The van der Waals surface area contributed by atoms with E-state index in [1.165, 1.54) is 11.3 Å². The largest absolute Gasteiger partial charge is 0.497 e. The Bertz CT molecular complexity index is 581. The first-order chi connectivity index (χ1) is 9.69. The lowest BCUT2D eigenvalue weighted by Crippen LogP contribution is -2.27. The molecule has 106 valence electrons. The Hall–Kier alpha value is -1.88. The molecule has 1 amide bonds. The van der Waals surface area contributed by atoms with Crippen molar-refractivity contribution in [2.24, 2.45) is 0 Å². The van der Waals surface area contributed by atoms with Gasteiger partial charge in [-0.25, -0.2) is 4.98 Å². The maximum Gasteiger partial charge on any atom is 0.225 e. The van der Waals surface area contributed by atoms with E-state index in [0.717, 1.165) is 28.3 Å². The van der Waals surface area contributed by atoms with E-state index in [-0.39, 0.29) is 5.91 Å². The number of aromatic nitrogens is 1. The van der Waals surface area contributed by atoms with Gasteiger partial charge in [0.1, 0.15) is 5.75 Å². The summed E-state index contributed by atoms with van der Waals surface area (Å²) in [6, 6.07) is 7.88. The lowest BCUT2D eigenvalue weighted by Gasteiger charge is -2.06. The Kier molecular flexibility index (Phi) is 5.12. The molecule has 2 rings (SSSR count). The molecule has 20 heavy (non-hydrogen) atoms. The normalized spacial score (nSPS) is 10.3. The molecule has 0 unspecified atom stereocenters. The van der Waals surface area contributed by atoms with Crippen LogP contribution in [0.15, 0.2) is 29.8 Å². The van der Waals surface area contributed by atoms with E-state index in [9.17, 15) is 4.79 Å². The van der Waals surface area contributed by atoms with Gasteiger partial charge >= 0.3 is 0 Å². The molecule has 0 atom stereocenters. The van der Waals surface area contributed by atoms with Crippen molar-refractivity contribution in [3.8, 4) is 5.75 Å². The lowest BCUT2D eigenvalue weighted by molar-refractivity contribution is -0.120. The molecule has 0 saturated carbocycles. The van der Waals surface area contributed by atoms with E-state index in [1.807, 2.05) is 31.2 Å². The fraction of sp³-hybridized carbons (Fsp3) is 0.333. The van der Waals surface area contributed by atoms with Gasteiger partial charge in [-0.2, -0.15) is 0 Å². The van der Waals surface area contributed by atoms with Gasteiger partial charge in [-0.05, 0) is 31.0 Å². The summed E-state index contributed by atoms with van der Waals surface area (Å²) in [6.45, 7) is 2.55. The second-order valence-corrected chi connectivity index (χ2v) is 5.43. The van der Waals surface area contributed by atoms with Crippen molar-refractivity contribution < 1.29 is 9.53 Å². The molecule has 0 fully saturated rings. The fourth-order valence-corrected chi connectivity index (χ4v) is 2.65. The summed E-state index contributed by atoms with van der Waals surface area (Å²) in [6.07, 6.45) is 1.21. The lowest BCUT2D eigenvalue weighted by atomic mass is 10.1. The maximum atomic E-state index is 11.8. The number of hydrogen-bond donors (Lipinski definition) is 1. The number of rotatable bonds is 6. The van der Waals surface area contributed by atoms with Crippen molar-refractivity contribution >= 4 is 17.2 Å². The van der Waals surface area contributed by atoms with Gasteiger partial charge in [-0.1, -0.05) is 12.1 Å². The van der Waals surface area contributed by atoms with Crippen LogP contribution in [0.3, 0.4) is 0 Å². The zero-order valence-corrected chi connectivity index (χ0v) is 12.5. The van der Waals surface area contributed by atoms with Crippen LogP contribution in [-0.4, -0.2) is 24.5 Å². The van der Waals surface area contributed by atoms with Crippen LogP contribution in [-0.2, 0) is 17.6 Å². The summed E-state index contributed by atoms with van der Waals surface area (Å²) in [4.78, 5) is 17.0. The number of carbonyl (C=O) groups is 1. The summed E-state index contributed by atoms with van der Waals surface area (Å²) < 4.78 is 5.17. The first kappa shape index (κ1) is 14.5. The number of carbonyl (C=O) groups excluding carboxylic acids is 1. The molecule has 0 bridgehead atoms. The Labute approximate surface area is 122 Å². The van der Waals surface area contributed by atoms with E-state index >= 15 is 0 Å². The van der Waals surface area contributed by atoms with Gasteiger partial charge < -0.3 is 10.1 Å². The monoisotopic (exact) mass is 290 g/mol. The number of ether oxygens (including phenoxy) is 1. The van der Waals surface area contributed by atoms with Crippen LogP contribution in [0, 0.1) is 6.92 Å². The van der Waals surface area contributed by atoms with Crippen molar-refractivity contribution in [3.63, 3.8) is 0 Å². The van der Waals surface area contributed by atoms with Crippen molar-refractivity contribution in [1.29, 1.82) is 0 Å². The smallest absolute Gasteiger partial charge is 0.225 e. The Balaban J connectivity index is 1.78. The Morgan fingerprint density at radius 1 is 1.45 bits per heavy atom. The van der Waals surface area contributed by atoms with Crippen molar-refractivity contribution in [1.82, 2.24) is 10.3 Å². The van der Waals surface area contributed by atoms with Gasteiger partial charge in [0.05, 0.1) is 24.7 Å². The third-order valence-corrected chi connectivity index (χ3v) is 3.97. The average Bonchev–Trinajstić information content (AvgIpc) is 2.84. The van der Waals surface area contributed by atoms with Crippen LogP contribution in [0.4, 0.5) is 0 Å².